The Bertz CT molecular complexity index is 588. The summed E-state index contributed by atoms with van der Waals surface area (Å²) in [6, 6.07) is 10.5. The first-order valence-electron chi connectivity index (χ1n) is 5.79. The summed E-state index contributed by atoms with van der Waals surface area (Å²) in [5.41, 5.74) is 2.33. The van der Waals surface area contributed by atoms with Gasteiger partial charge in [0.1, 0.15) is 6.04 Å². The van der Waals surface area contributed by atoms with Crippen LogP contribution in [0, 0.1) is 0 Å². The minimum absolute atomic E-state index is 0.121. The molecule has 4 nitrogen and oxygen atoms in total. The molecule has 18 heavy (non-hydrogen) atoms. The van der Waals surface area contributed by atoms with Gasteiger partial charge in [-0.25, -0.2) is 4.68 Å². The standard InChI is InChI=1S/C13H14N4S/c1-9-8-11(10-6-4-3-5-7-10)17-12(14-9)15-13(16-17)18-2/h3-8,11H,1-2H3,(H,14,15,16)/t11-/m0/s1. The second kappa shape index (κ2) is 4.49. The number of thioether (sulfide) groups is 1. The van der Waals surface area contributed by atoms with Crippen LogP contribution in [0.25, 0.3) is 0 Å². The third-order valence-electron chi connectivity index (χ3n) is 2.92. The molecule has 2 aromatic rings. The zero-order valence-electron chi connectivity index (χ0n) is 10.3. The fourth-order valence-corrected chi connectivity index (χ4v) is 2.43. The molecule has 1 N–H and O–H groups in total. The van der Waals surface area contributed by atoms with Crippen molar-refractivity contribution in [1.82, 2.24) is 14.8 Å². The van der Waals surface area contributed by atoms with Crippen LogP contribution in [0.15, 0.2) is 47.3 Å². The highest BCUT2D eigenvalue weighted by Crippen LogP contribution is 2.29. The van der Waals surface area contributed by atoms with E-state index in [9.17, 15) is 0 Å². The van der Waals surface area contributed by atoms with E-state index in [4.69, 9.17) is 0 Å². The summed E-state index contributed by atoms with van der Waals surface area (Å²) in [5.74, 6) is 0.813. The molecule has 0 fully saturated rings. The van der Waals surface area contributed by atoms with Gasteiger partial charge in [0.15, 0.2) is 0 Å². The number of fused-ring (bicyclic) bond motifs is 1. The molecule has 0 aliphatic carbocycles. The smallest absolute Gasteiger partial charge is 0.227 e. The van der Waals surface area contributed by atoms with E-state index in [0.29, 0.717) is 0 Å². The summed E-state index contributed by atoms with van der Waals surface area (Å²) in [6.45, 7) is 2.05. The predicted molar refractivity (Wildman–Crippen MR) is 73.8 cm³/mol. The van der Waals surface area contributed by atoms with Gasteiger partial charge in [-0.05, 0) is 24.8 Å². The van der Waals surface area contributed by atoms with Crippen molar-refractivity contribution in [2.45, 2.75) is 18.1 Å². The van der Waals surface area contributed by atoms with Gasteiger partial charge in [-0.3, -0.25) is 0 Å². The zero-order valence-corrected chi connectivity index (χ0v) is 11.1. The molecule has 5 heteroatoms. The maximum atomic E-state index is 4.52. The first-order valence-corrected chi connectivity index (χ1v) is 7.01. The molecule has 3 rings (SSSR count). The van der Waals surface area contributed by atoms with Gasteiger partial charge >= 0.3 is 0 Å². The van der Waals surface area contributed by atoms with Crippen molar-refractivity contribution in [1.29, 1.82) is 0 Å². The van der Waals surface area contributed by atoms with Crippen LogP contribution < -0.4 is 5.32 Å². The highest BCUT2D eigenvalue weighted by molar-refractivity contribution is 7.98. The van der Waals surface area contributed by atoms with E-state index in [0.717, 1.165) is 16.8 Å². The summed E-state index contributed by atoms with van der Waals surface area (Å²) >= 11 is 1.55. The minimum Gasteiger partial charge on any atom is -0.329 e. The van der Waals surface area contributed by atoms with Crippen LogP contribution in [0.4, 0.5) is 5.95 Å². The highest BCUT2D eigenvalue weighted by Gasteiger charge is 2.22. The second-order valence-corrected chi connectivity index (χ2v) is 4.97. The maximum absolute atomic E-state index is 4.52. The Morgan fingerprint density at radius 2 is 2.06 bits per heavy atom. The summed E-state index contributed by atoms with van der Waals surface area (Å²) in [7, 11) is 0. The normalized spacial score (nSPS) is 17.9. The van der Waals surface area contributed by atoms with Crippen LogP contribution in [0.5, 0.6) is 0 Å². The molecule has 0 saturated heterocycles. The van der Waals surface area contributed by atoms with E-state index in [1.165, 1.54) is 5.56 Å². The van der Waals surface area contributed by atoms with Gasteiger partial charge in [0.05, 0.1) is 0 Å². The van der Waals surface area contributed by atoms with Crippen LogP contribution in [-0.4, -0.2) is 21.0 Å². The first-order chi connectivity index (χ1) is 8.78. The number of hydrogen-bond donors (Lipinski definition) is 1. The lowest BCUT2D eigenvalue weighted by molar-refractivity contribution is 0.591. The lowest BCUT2D eigenvalue weighted by Crippen LogP contribution is -2.19. The highest BCUT2D eigenvalue weighted by atomic mass is 32.2. The molecule has 1 atom stereocenters. The van der Waals surface area contributed by atoms with E-state index < -0.39 is 0 Å². The summed E-state index contributed by atoms with van der Waals surface area (Å²) in [4.78, 5) is 4.46. The lowest BCUT2D eigenvalue weighted by atomic mass is 10.1. The van der Waals surface area contributed by atoms with Gasteiger partial charge in [-0.15, -0.1) is 5.10 Å². The summed E-state index contributed by atoms with van der Waals surface area (Å²) in [6.07, 6.45) is 4.15. The summed E-state index contributed by atoms with van der Waals surface area (Å²) < 4.78 is 1.94. The van der Waals surface area contributed by atoms with E-state index in [-0.39, 0.29) is 6.04 Å². The lowest BCUT2D eigenvalue weighted by Gasteiger charge is -2.22. The number of aromatic nitrogens is 3. The fraction of sp³-hybridized carbons (Fsp3) is 0.231. The van der Waals surface area contributed by atoms with E-state index in [1.54, 1.807) is 11.8 Å². The Morgan fingerprint density at radius 1 is 1.28 bits per heavy atom. The van der Waals surface area contributed by atoms with Gasteiger partial charge < -0.3 is 5.32 Å². The largest absolute Gasteiger partial charge is 0.329 e. The Morgan fingerprint density at radius 3 is 2.78 bits per heavy atom. The molecule has 2 heterocycles. The van der Waals surface area contributed by atoms with Crippen molar-refractivity contribution in [3.8, 4) is 0 Å². The van der Waals surface area contributed by atoms with Crippen LogP contribution in [0.1, 0.15) is 18.5 Å². The minimum atomic E-state index is 0.121. The van der Waals surface area contributed by atoms with Gasteiger partial charge in [0.25, 0.3) is 0 Å². The van der Waals surface area contributed by atoms with E-state index in [1.807, 2.05) is 36.1 Å². The fourth-order valence-electron chi connectivity index (χ4n) is 2.08. The molecule has 1 aliphatic heterocycles. The molecule has 0 unspecified atom stereocenters. The molecule has 92 valence electrons. The number of nitrogens with one attached hydrogen (secondary N) is 1. The molecule has 0 spiro atoms. The third-order valence-corrected chi connectivity index (χ3v) is 3.45. The molecule has 0 radical (unpaired) electrons. The van der Waals surface area contributed by atoms with Crippen molar-refractivity contribution in [2.75, 3.05) is 11.6 Å². The molecule has 1 aromatic carbocycles. The van der Waals surface area contributed by atoms with Gasteiger partial charge in [0, 0.05) is 5.70 Å². The summed E-state index contributed by atoms with van der Waals surface area (Å²) in [5, 5.41) is 8.57. The number of rotatable bonds is 2. The van der Waals surface area contributed by atoms with Crippen molar-refractivity contribution < 1.29 is 0 Å². The van der Waals surface area contributed by atoms with Crippen LogP contribution >= 0.6 is 11.8 Å². The van der Waals surface area contributed by atoms with Gasteiger partial charge in [0.2, 0.25) is 11.1 Å². The van der Waals surface area contributed by atoms with Crippen molar-refractivity contribution in [2.24, 2.45) is 0 Å². The number of benzene rings is 1. The van der Waals surface area contributed by atoms with Crippen molar-refractivity contribution >= 4 is 17.7 Å². The average molecular weight is 258 g/mol. The number of nitrogens with zero attached hydrogens (tertiary/aromatic N) is 3. The Balaban J connectivity index is 2.09. The monoisotopic (exact) mass is 258 g/mol. The Hall–Kier alpha value is -1.75. The van der Waals surface area contributed by atoms with Crippen LogP contribution in [0.3, 0.4) is 0 Å². The number of anilines is 1. The SMILES string of the molecule is CSc1nc2n(n1)[C@H](c1ccccc1)C=C(C)N2. The Labute approximate surface area is 110 Å². The van der Waals surface area contributed by atoms with E-state index >= 15 is 0 Å². The van der Waals surface area contributed by atoms with Crippen LogP contribution in [-0.2, 0) is 0 Å². The van der Waals surface area contributed by atoms with Crippen molar-refractivity contribution in [3.05, 3.63) is 47.7 Å². The molecule has 0 amide bonds. The predicted octanol–water partition coefficient (Wildman–Crippen LogP) is 2.92. The molecule has 1 aromatic heterocycles. The van der Waals surface area contributed by atoms with Crippen LogP contribution in [0.2, 0.25) is 0 Å². The molecule has 0 bridgehead atoms. The Kier molecular flexibility index (Phi) is 2.83. The number of allylic oxidation sites excluding steroid dienone is 2. The van der Waals surface area contributed by atoms with Crippen molar-refractivity contribution in [3.63, 3.8) is 0 Å². The molecular weight excluding hydrogens is 244 g/mol. The topological polar surface area (TPSA) is 42.7 Å². The van der Waals surface area contributed by atoms with Gasteiger partial charge in [-0.1, -0.05) is 42.1 Å². The van der Waals surface area contributed by atoms with E-state index in [2.05, 4.69) is 33.6 Å². The molecule has 0 saturated carbocycles. The zero-order chi connectivity index (χ0) is 12.5. The number of hydrogen-bond acceptors (Lipinski definition) is 4. The maximum Gasteiger partial charge on any atom is 0.227 e. The third kappa shape index (κ3) is 1.90. The van der Waals surface area contributed by atoms with Gasteiger partial charge in [-0.2, -0.15) is 4.98 Å². The molecule has 1 aliphatic rings. The first kappa shape index (κ1) is 11.3. The molecular formula is C13H14N4S. The second-order valence-electron chi connectivity index (χ2n) is 4.20. The average Bonchev–Trinajstić information content (AvgIpc) is 2.81. The quantitative estimate of drug-likeness (QED) is 0.841.